The molecule has 0 aromatic rings. The van der Waals surface area contributed by atoms with E-state index in [2.05, 4.69) is 24.0 Å². The minimum absolute atomic E-state index is 0.766. The van der Waals surface area contributed by atoms with Crippen molar-refractivity contribution in [1.82, 2.24) is 5.32 Å². The summed E-state index contributed by atoms with van der Waals surface area (Å²) in [5.74, 6) is 1.30. The number of methoxy groups -OCH3 is 1. The predicted molar refractivity (Wildman–Crippen MR) is 59.4 cm³/mol. The molecule has 2 nitrogen and oxygen atoms in total. The van der Waals surface area contributed by atoms with Gasteiger partial charge in [-0.25, -0.2) is 0 Å². The molecule has 0 saturated carbocycles. The Bertz CT molecular complexity index is 132. The Balaban J connectivity index is 1.88. The number of hydrogen-bond acceptors (Lipinski definition) is 3. The van der Waals surface area contributed by atoms with Gasteiger partial charge in [-0.1, -0.05) is 6.92 Å². The summed E-state index contributed by atoms with van der Waals surface area (Å²) in [6, 6.07) is 0.766. The number of thioether (sulfide) groups is 1. The van der Waals surface area contributed by atoms with Gasteiger partial charge < -0.3 is 10.1 Å². The lowest BCUT2D eigenvalue weighted by Gasteiger charge is -2.10. The predicted octanol–water partition coefficient (Wildman–Crippen LogP) is 1.90. The highest BCUT2D eigenvalue weighted by Crippen LogP contribution is 2.25. The standard InChI is InChI=1S/C10H21NOS/c1-9-7-10(8-13-9)11-5-3-4-6-12-2/h9-11H,3-8H2,1-2H3. The molecule has 0 aromatic heterocycles. The molecule has 1 heterocycles. The summed E-state index contributed by atoms with van der Waals surface area (Å²) < 4.78 is 5.00. The maximum absolute atomic E-state index is 5.00. The molecule has 0 aromatic carbocycles. The van der Waals surface area contributed by atoms with Gasteiger partial charge in [0.1, 0.15) is 0 Å². The molecule has 13 heavy (non-hydrogen) atoms. The fraction of sp³-hybridized carbons (Fsp3) is 1.00. The van der Waals surface area contributed by atoms with Crippen LogP contribution in [0.3, 0.4) is 0 Å². The Hall–Kier alpha value is 0.270. The van der Waals surface area contributed by atoms with Gasteiger partial charge >= 0.3 is 0 Å². The molecule has 1 rings (SSSR count). The van der Waals surface area contributed by atoms with Crippen molar-refractivity contribution in [2.75, 3.05) is 26.0 Å². The number of nitrogens with one attached hydrogen (secondary N) is 1. The molecule has 78 valence electrons. The van der Waals surface area contributed by atoms with Crippen LogP contribution in [0.2, 0.25) is 0 Å². The summed E-state index contributed by atoms with van der Waals surface area (Å²) in [7, 11) is 1.77. The molecule has 0 spiro atoms. The lowest BCUT2D eigenvalue weighted by molar-refractivity contribution is 0.192. The Morgan fingerprint density at radius 1 is 1.46 bits per heavy atom. The molecule has 3 heteroatoms. The highest BCUT2D eigenvalue weighted by molar-refractivity contribution is 8.00. The molecule has 0 aliphatic carbocycles. The molecule has 1 N–H and O–H groups in total. The zero-order valence-corrected chi connectivity index (χ0v) is 9.53. The average Bonchev–Trinajstić information content (AvgIpc) is 2.51. The first-order valence-electron chi connectivity index (χ1n) is 5.17. The van der Waals surface area contributed by atoms with E-state index in [1.807, 2.05) is 0 Å². The number of rotatable bonds is 6. The summed E-state index contributed by atoms with van der Waals surface area (Å²) in [6.07, 6.45) is 3.76. The van der Waals surface area contributed by atoms with Gasteiger partial charge in [-0.3, -0.25) is 0 Å². The maximum Gasteiger partial charge on any atom is 0.0462 e. The summed E-state index contributed by atoms with van der Waals surface area (Å²) in [6.45, 7) is 4.37. The first kappa shape index (κ1) is 11.3. The van der Waals surface area contributed by atoms with Gasteiger partial charge in [0.05, 0.1) is 0 Å². The van der Waals surface area contributed by atoms with E-state index >= 15 is 0 Å². The fourth-order valence-electron chi connectivity index (χ4n) is 1.64. The first-order valence-corrected chi connectivity index (χ1v) is 6.21. The lowest BCUT2D eigenvalue weighted by atomic mass is 10.2. The zero-order valence-electron chi connectivity index (χ0n) is 8.71. The molecule has 1 fully saturated rings. The van der Waals surface area contributed by atoms with Gasteiger partial charge in [0.25, 0.3) is 0 Å². The summed E-state index contributed by atoms with van der Waals surface area (Å²) in [5, 5.41) is 4.45. The summed E-state index contributed by atoms with van der Waals surface area (Å²) >= 11 is 2.09. The Morgan fingerprint density at radius 3 is 2.92 bits per heavy atom. The zero-order chi connectivity index (χ0) is 9.52. The van der Waals surface area contributed by atoms with Crippen molar-refractivity contribution in [2.24, 2.45) is 0 Å². The second-order valence-electron chi connectivity index (χ2n) is 3.73. The monoisotopic (exact) mass is 203 g/mol. The van der Waals surface area contributed by atoms with E-state index in [0.29, 0.717) is 0 Å². The van der Waals surface area contributed by atoms with E-state index in [4.69, 9.17) is 4.74 Å². The van der Waals surface area contributed by atoms with Gasteiger partial charge in [0, 0.05) is 30.8 Å². The first-order chi connectivity index (χ1) is 6.33. The quantitative estimate of drug-likeness (QED) is 0.666. The molecule has 0 bridgehead atoms. The lowest BCUT2D eigenvalue weighted by Crippen LogP contribution is -2.30. The molecular formula is C10H21NOS. The smallest absolute Gasteiger partial charge is 0.0462 e. The van der Waals surface area contributed by atoms with E-state index in [1.54, 1.807) is 7.11 Å². The Labute approximate surface area is 85.8 Å². The number of unbranched alkanes of at least 4 members (excludes halogenated alkanes) is 1. The highest BCUT2D eigenvalue weighted by atomic mass is 32.2. The molecule has 2 atom stereocenters. The maximum atomic E-state index is 5.00. The SMILES string of the molecule is COCCCCNC1CSC(C)C1. The van der Waals surface area contributed by atoms with Crippen molar-refractivity contribution in [1.29, 1.82) is 0 Å². The Morgan fingerprint density at radius 2 is 2.31 bits per heavy atom. The van der Waals surface area contributed by atoms with Crippen LogP contribution in [-0.4, -0.2) is 37.3 Å². The Kier molecular flexibility index (Phi) is 5.83. The third-order valence-corrected chi connectivity index (χ3v) is 3.76. The van der Waals surface area contributed by atoms with Crippen LogP contribution in [0.5, 0.6) is 0 Å². The fourth-order valence-corrected chi connectivity index (χ4v) is 2.82. The van der Waals surface area contributed by atoms with Gasteiger partial charge in [0.2, 0.25) is 0 Å². The van der Waals surface area contributed by atoms with Gasteiger partial charge in [0.15, 0.2) is 0 Å². The third-order valence-electron chi connectivity index (χ3n) is 2.41. The van der Waals surface area contributed by atoms with Crippen molar-refractivity contribution in [3.05, 3.63) is 0 Å². The van der Waals surface area contributed by atoms with E-state index in [9.17, 15) is 0 Å². The van der Waals surface area contributed by atoms with E-state index < -0.39 is 0 Å². The van der Waals surface area contributed by atoms with Gasteiger partial charge in [-0.2, -0.15) is 11.8 Å². The van der Waals surface area contributed by atoms with Crippen molar-refractivity contribution >= 4 is 11.8 Å². The molecule has 1 aliphatic heterocycles. The summed E-state index contributed by atoms with van der Waals surface area (Å²) in [4.78, 5) is 0. The second kappa shape index (κ2) is 6.68. The van der Waals surface area contributed by atoms with Crippen molar-refractivity contribution in [2.45, 2.75) is 37.5 Å². The van der Waals surface area contributed by atoms with Crippen LogP contribution >= 0.6 is 11.8 Å². The van der Waals surface area contributed by atoms with Crippen LogP contribution in [0, 0.1) is 0 Å². The number of ether oxygens (including phenoxy) is 1. The second-order valence-corrected chi connectivity index (χ2v) is 5.20. The largest absolute Gasteiger partial charge is 0.385 e. The molecule has 0 radical (unpaired) electrons. The van der Waals surface area contributed by atoms with E-state index in [1.165, 1.54) is 25.0 Å². The van der Waals surface area contributed by atoms with Crippen molar-refractivity contribution in [3.63, 3.8) is 0 Å². The minimum atomic E-state index is 0.766. The third kappa shape index (κ3) is 4.89. The van der Waals surface area contributed by atoms with Crippen molar-refractivity contribution in [3.8, 4) is 0 Å². The molecule has 1 aliphatic rings. The van der Waals surface area contributed by atoms with Crippen LogP contribution in [0.1, 0.15) is 26.2 Å². The van der Waals surface area contributed by atoms with Crippen LogP contribution in [-0.2, 0) is 4.74 Å². The average molecular weight is 203 g/mol. The van der Waals surface area contributed by atoms with Crippen molar-refractivity contribution < 1.29 is 4.74 Å². The molecule has 0 amide bonds. The van der Waals surface area contributed by atoms with Crippen LogP contribution in [0.15, 0.2) is 0 Å². The number of hydrogen-bond donors (Lipinski definition) is 1. The van der Waals surface area contributed by atoms with Crippen LogP contribution < -0.4 is 5.32 Å². The minimum Gasteiger partial charge on any atom is -0.385 e. The van der Waals surface area contributed by atoms with Gasteiger partial charge in [-0.05, 0) is 25.8 Å². The molecular weight excluding hydrogens is 182 g/mol. The van der Waals surface area contributed by atoms with E-state index in [-0.39, 0.29) is 0 Å². The van der Waals surface area contributed by atoms with Gasteiger partial charge in [-0.15, -0.1) is 0 Å². The van der Waals surface area contributed by atoms with Crippen LogP contribution in [0.25, 0.3) is 0 Å². The van der Waals surface area contributed by atoms with E-state index in [0.717, 1.165) is 24.4 Å². The normalized spacial score (nSPS) is 28.2. The van der Waals surface area contributed by atoms with Crippen LogP contribution in [0.4, 0.5) is 0 Å². The molecule has 1 saturated heterocycles. The highest BCUT2D eigenvalue weighted by Gasteiger charge is 2.20. The summed E-state index contributed by atoms with van der Waals surface area (Å²) in [5.41, 5.74) is 0. The molecule has 2 unspecified atom stereocenters. The topological polar surface area (TPSA) is 21.3 Å².